The Morgan fingerprint density at radius 3 is 2.25 bits per heavy atom. The maximum atomic E-state index is 13.9. The van der Waals surface area contributed by atoms with Gasteiger partial charge in [-0.1, -0.05) is 31.2 Å². The Balaban J connectivity index is 1.77. The van der Waals surface area contributed by atoms with Crippen molar-refractivity contribution in [3.63, 3.8) is 0 Å². The Labute approximate surface area is 327 Å². The molecule has 56 heavy (non-hydrogen) atoms. The average Bonchev–Trinajstić information content (AvgIpc) is 3.17. The van der Waals surface area contributed by atoms with Gasteiger partial charge >= 0.3 is 0 Å². The summed E-state index contributed by atoms with van der Waals surface area (Å²) in [6.45, 7) is 9.79. The van der Waals surface area contributed by atoms with Gasteiger partial charge in [0.2, 0.25) is 17.6 Å². The fraction of sp³-hybridized carbons (Fsp3) is 0.368. The molecule has 1 aliphatic heterocycles. The molecule has 2 heterocycles. The number of hydrogen-bond donors (Lipinski definition) is 3. The van der Waals surface area contributed by atoms with E-state index in [1.54, 1.807) is 37.8 Å². The Hall–Kier alpha value is -5.97. The van der Waals surface area contributed by atoms with Crippen LogP contribution in [0, 0.1) is 0 Å². The first-order chi connectivity index (χ1) is 26.5. The number of benzene rings is 2. The molecule has 2 amide bonds. The fourth-order valence-corrected chi connectivity index (χ4v) is 6.25. The van der Waals surface area contributed by atoms with E-state index in [-0.39, 0.29) is 94.9 Å². The molecule has 300 valence electrons. The van der Waals surface area contributed by atoms with Gasteiger partial charge in [-0.25, -0.2) is 8.78 Å². The first-order valence-electron chi connectivity index (χ1n) is 17.4. The van der Waals surface area contributed by atoms with E-state index in [0.717, 1.165) is 19.1 Å². The summed E-state index contributed by atoms with van der Waals surface area (Å²) in [5, 5.41) is 13.0. The van der Waals surface area contributed by atoms with E-state index in [1.165, 1.54) is 43.1 Å². The van der Waals surface area contributed by atoms with Crippen LogP contribution in [0.15, 0.2) is 68.7 Å². The zero-order chi connectivity index (χ0) is 41.5. The highest BCUT2D eigenvalue weighted by Crippen LogP contribution is 2.38. The summed E-state index contributed by atoms with van der Waals surface area (Å²) in [4.78, 5) is 56.8. The third kappa shape index (κ3) is 9.45. The highest BCUT2D eigenvalue weighted by atomic mass is 35.5. The molecule has 1 aromatic heterocycles. The number of amidine groups is 1. The molecule has 0 spiro atoms. The third-order valence-electron chi connectivity index (χ3n) is 8.90. The number of aliphatic hydroxyl groups is 1. The summed E-state index contributed by atoms with van der Waals surface area (Å²) < 4.78 is 45.6. The van der Waals surface area contributed by atoms with Crippen LogP contribution in [0.25, 0.3) is 0 Å². The zero-order valence-electron chi connectivity index (χ0n) is 32.2. The molecule has 0 bridgehead atoms. The molecular formula is C38H45ClF2N8O7. The van der Waals surface area contributed by atoms with E-state index >= 15 is 0 Å². The molecule has 3 aromatic rings. The highest BCUT2D eigenvalue weighted by Gasteiger charge is 2.30. The lowest BCUT2D eigenvalue weighted by Crippen LogP contribution is -2.51. The van der Waals surface area contributed by atoms with Gasteiger partial charge in [-0.15, -0.1) is 0 Å². The van der Waals surface area contributed by atoms with Crippen LogP contribution in [0.3, 0.4) is 0 Å². The van der Waals surface area contributed by atoms with Crippen molar-refractivity contribution in [1.82, 2.24) is 14.5 Å². The SMILES string of the molecule is C=C(C(=O)N1CCN(c2c(CC)n(CC(=O)Nc3ccc(C(C)(F)F)cc3Cl)c(/N=C(\N)c3cc(OC)c(OC)c(OC)c3)nc2=O)CC1)/C(O)=C(/C)N=CC. The predicted molar refractivity (Wildman–Crippen MR) is 211 cm³/mol. The Kier molecular flexibility index (Phi) is 13.8. The number of anilines is 2. The van der Waals surface area contributed by atoms with Crippen LogP contribution >= 0.6 is 11.6 Å². The van der Waals surface area contributed by atoms with Crippen LogP contribution < -0.4 is 35.7 Å². The fourth-order valence-electron chi connectivity index (χ4n) is 6.03. The monoisotopic (exact) mass is 798 g/mol. The molecule has 4 rings (SSSR count). The number of aliphatic imine (C=N–C) groups is 2. The quantitative estimate of drug-likeness (QED) is 0.0631. The van der Waals surface area contributed by atoms with Crippen molar-refractivity contribution in [2.45, 2.75) is 46.6 Å². The number of aromatic nitrogens is 2. The summed E-state index contributed by atoms with van der Waals surface area (Å²) in [7, 11) is 4.31. The van der Waals surface area contributed by atoms with E-state index in [9.17, 15) is 28.3 Å². The molecule has 15 nitrogen and oxygen atoms in total. The average molecular weight is 799 g/mol. The van der Waals surface area contributed by atoms with Gasteiger partial charge in [-0.3, -0.25) is 19.4 Å². The molecule has 1 saturated heterocycles. The van der Waals surface area contributed by atoms with Crippen LogP contribution in [-0.2, 0) is 28.5 Å². The lowest BCUT2D eigenvalue weighted by atomic mass is 10.1. The molecule has 18 heteroatoms. The molecule has 2 aromatic carbocycles. The zero-order valence-corrected chi connectivity index (χ0v) is 33.0. The number of alkyl halides is 2. The minimum absolute atomic E-state index is 0.0823. The maximum absolute atomic E-state index is 13.9. The van der Waals surface area contributed by atoms with Crippen LogP contribution in [-0.4, -0.2) is 90.9 Å². The van der Waals surface area contributed by atoms with Gasteiger partial charge in [0, 0.05) is 50.4 Å². The lowest BCUT2D eigenvalue weighted by Gasteiger charge is -2.37. The van der Waals surface area contributed by atoms with Crippen molar-refractivity contribution in [3.05, 3.63) is 86.1 Å². The summed E-state index contributed by atoms with van der Waals surface area (Å²) in [6, 6.07) is 6.61. The number of carbonyl (C=O) groups excluding carboxylic acids is 2. The molecule has 4 N–H and O–H groups in total. The summed E-state index contributed by atoms with van der Waals surface area (Å²) >= 11 is 6.29. The van der Waals surface area contributed by atoms with Gasteiger partial charge in [0.15, 0.2) is 11.5 Å². The van der Waals surface area contributed by atoms with Crippen molar-refractivity contribution in [2.75, 3.05) is 57.7 Å². The second-order valence-electron chi connectivity index (χ2n) is 12.6. The van der Waals surface area contributed by atoms with Gasteiger partial charge in [0.1, 0.15) is 23.8 Å². The standard InChI is InChI=1S/C38H45ClF2N8O7/c1-9-27-31(47-13-15-48(16-14-47)36(53)21(3)32(51)22(4)43-10-2)35(52)46-37(45-34(42)23-17-28(54-6)33(56-8)29(18-23)55-7)49(27)20-30(50)44-26-12-11-24(19-25(26)39)38(5,40)41/h10-12,17-19,51H,3,9,13-16,20H2,1-2,4-8H3,(H,44,50)(H2,42,45,46,52)/b32-22+,43-10?. The molecule has 1 fully saturated rings. The lowest BCUT2D eigenvalue weighted by molar-refractivity contribution is -0.127. The Bertz CT molecular complexity index is 2130. The molecule has 0 atom stereocenters. The smallest absolute Gasteiger partial charge is 0.298 e. The number of methoxy groups -OCH3 is 3. The van der Waals surface area contributed by atoms with Crippen molar-refractivity contribution < 1.29 is 37.7 Å². The second kappa shape index (κ2) is 18.1. The van der Waals surface area contributed by atoms with Crippen molar-refractivity contribution in [1.29, 1.82) is 0 Å². The van der Waals surface area contributed by atoms with E-state index in [2.05, 4.69) is 26.9 Å². The van der Waals surface area contributed by atoms with E-state index in [4.69, 9.17) is 31.5 Å². The van der Waals surface area contributed by atoms with E-state index in [1.807, 2.05) is 0 Å². The van der Waals surface area contributed by atoms with E-state index in [0.29, 0.717) is 17.0 Å². The van der Waals surface area contributed by atoms with Crippen molar-refractivity contribution in [3.8, 4) is 17.2 Å². The predicted octanol–water partition coefficient (Wildman–Crippen LogP) is 5.36. The number of rotatable bonds is 14. The van der Waals surface area contributed by atoms with Crippen LogP contribution in [0.1, 0.15) is 44.5 Å². The molecular weight excluding hydrogens is 754 g/mol. The number of aliphatic hydroxyl groups excluding tert-OH is 1. The summed E-state index contributed by atoms with van der Waals surface area (Å²) in [6.07, 6.45) is 1.71. The number of nitrogens with one attached hydrogen (secondary N) is 1. The number of amides is 2. The third-order valence-corrected chi connectivity index (χ3v) is 9.22. The van der Waals surface area contributed by atoms with Gasteiger partial charge < -0.3 is 44.7 Å². The molecule has 0 unspecified atom stereocenters. The number of nitrogens with zero attached hydrogens (tertiary/aromatic N) is 6. The van der Waals surface area contributed by atoms with Gasteiger partial charge in [-0.05, 0) is 44.5 Å². The molecule has 0 saturated carbocycles. The van der Waals surface area contributed by atoms with Gasteiger partial charge in [0.25, 0.3) is 17.4 Å². The van der Waals surface area contributed by atoms with Crippen molar-refractivity contribution >= 4 is 52.8 Å². The number of halogens is 3. The topological polar surface area (TPSA) is 186 Å². The minimum atomic E-state index is -3.15. The maximum Gasteiger partial charge on any atom is 0.298 e. The van der Waals surface area contributed by atoms with Crippen molar-refractivity contribution in [2.24, 2.45) is 15.7 Å². The van der Waals surface area contributed by atoms with Crippen LogP contribution in [0.2, 0.25) is 5.02 Å². The second-order valence-corrected chi connectivity index (χ2v) is 13.0. The normalized spacial score (nSPS) is 14.1. The van der Waals surface area contributed by atoms with Crippen LogP contribution in [0.5, 0.6) is 17.2 Å². The first-order valence-corrected chi connectivity index (χ1v) is 17.7. The summed E-state index contributed by atoms with van der Waals surface area (Å²) in [5.74, 6) is -4.03. The number of ether oxygens (including phenoxy) is 3. The first kappa shape index (κ1) is 42.8. The molecule has 0 radical (unpaired) electrons. The summed E-state index contributed by atoms with van der Waals surface area (Å²) in [5.41, 5.74) is 6.58. The van der Waals surface area contributed by atoms with Gasteiger partial charge in [0.05, 0.1) is 49.0 Å². The number of hydrogen-bond acceptors (Lipinski definition) is 11. The number of allylic oxidation sites excluding steroid dienone is 1. The Morgan fingerprint density at radius 1 is 1.11 bits per heavy atom. The number of carbonyl (C=O) groups is 2. The largest absolute Gasteiger partial charge is 0.505 e. The Morgan fingerprint density at radius 2 is 1.73 bits per heavy atom. The minimum Gasteiger partial charge on any atom is -0.505 e. The highest BCUT2D eigenvalue weighted by molar-refractivity contribution is 6.33. The molecule has 1 aliphatic rings. The van der Waals surface area contributed by atoms with E-state index < -0.39 is 29.8 Å². The van der Waals surface area contributed by atoms with Crippen LogP contribution in [0.4, 0.5) is 26.1 Å². The molecule has 0 aliphatic carbocycles. The van der Waals surface area contributed by atoms with Gasteiger partial charge in [-0.2, -0.15) is 9.98 Å². The number of piperazine rings is 1. The number of nitrogens with two attached hydrogens (primary N) is 1.